The molecule has 0 heterocycles. The Morgan fingerprint density at radius 2 is 2.23 bits per heavy atom. The topological polar surface area (TPSA) is 45.7 Å². The summed E-state index contributed by atoms with van der Waals surface area (Å²) in [6, 6.07) is 0.521. The summed E-state index contributed by atoms with van der Waals surface area (Å²) in [6.45, 7) is 4.32. The molecule has 0 aromatic rings. The van der Waals surface area contributed by atoms with Crippen LogP contribution in [0.4, 0.5) is 0 Å². The predicted molar refractivity (Wildman–Crippen MR) is 47.7 cm³/mol. The number of rotatable bonds is 6. The average Bonchev–Trinajstić information content (AvgIpc) is 2.82. The first-order chi connectivity index (χ1) is 5.83. The van der Waals surface area contributed by atoms with Crippen molar-refractivity contribution >= 4 is 5.91 Å². The van der Waals surface area contributed by atoms with E-state index in [9.17, 15) is 4.79 Å². The van der Waals surface area contributed by atoms with Gasteiger partial charge in [0.05, 0.1) is 13.1 Å². The van der Waals surface area contributed by atoms with Crippen LogP contribution in [-0.2, 0) is 4.79 Å². The molecule has 1 amide bonds. The van der Waals surface area contributed by atoms with E-state index in [2.05, 4.69) is 17.6 Å². The SMILES string of the molecule is CC[NH2+]CCCC(=O)NC1CC1.[Cl-]. The Bertz CT molecular complexity index is 149. The summed E-state index contributed by atoms with van der Waals surface area (Å²) >= 11 is 0. The molecule has 0 aromatic carbocycles. The summed E-state index contributed by atoms with van der Waals surface area (Å²) in [6.07, 6.45) is 4.08. The van der Waals surface area contributed by atoms with Crippen LogP contribution >= 0.6 is 0 Å². The summed E-state index contributed by atoms with van der Waals surface area (Å²) in [5, 5.41) is 5.20. The zero-order chi connectivity index (χ0) is 8.81. The molecule has 0 spiro atoms. The molecular formula is C9H19ClN2O. The summed E-state index contributed by atoms with van der Waals surface area (Å²) < 4.78 is 0. The predicted octanol–water partition coefficient (Wildman–Crippen LogP) is -3.37. The molecule has 0 atom stereocenters. The lowest BCUT2D eigenvalue weighted by Gasteiger charge is -2.01. The van der Waals surface area contributed by atoms with E-state index in [0.29, 0.717) is 12.5 Å². The Labute approximate surface area is 86.1 Å². The van der Waals surface area contributed by atoms with E-state index in [1.165, 1.54) is 12.8 Å². The van der Waals surface area contributed by atoms with E-state index in [1.54, 1.807) is 0 Å². The number of amides is 1. The molecule has 3 N–H and O–H groups in total. The minimum Gasteiger partial charge on any atom is -1.00 e. The molecule has 1 fully saturated rings. The van der Waals surface area contributed by atoms with Gasteiger partial charge in [0, 0.05) is 18.9 Å². The number of carbonyl (C=O) groups excluding carboxylic acids is 1. The van der Waals surface area contributed by atoms with E-state index in [0.717, 1.165) is 19.5 Å². The molecule has 1 saturated carbocycles. The third-order valence-corrected chi connectivity index (χ3v) is 2.04. The van der Waals surface area contributed by atoms with Crippen molar-refractivity contribution in [2.75, 3.05) is 13.1 Å². The second-order valence-electron chi connectivity index (χ2n) is 3.43. The fourth-order valence-electron chi connectivity index (χ4n) is 1.14. The van der Waals surface area contributed by atoms with Crippen LogP contribution < -0.4 is 23.0 Å². The molecule has 1 aliphatic carbocycles. The first-order valence-electron chi connectivity index (χ1n) is 4.94. The Kier molecular flexibility index (Phi) is 7.00. The van der Waals surface area contributed by atoms with E-state index in [1.807, 2.05) is 0 Å². The molecule has 0 aliphatic heterocycles. The van der Waals surface area contributed by atoms with Crippen LogP contribution in [0.3, 0.4) is 0 Å². The third kappa shape index (κ3) is 6.84. The Morgan fingerprint density at radius 1 is 1.54 bits per heavy atom. The van der Waals surface area contributed by atoms with Gasteiger partial charge < -0.3 is 23.0 Å². The van der Waals surface area contributed by atoms with Gasteiger partial charge in [-0.2, -0.15) is 0 Å². The van der Waals surface area contributed by atoms with Crippen molar-refractivity contribution < 1.29 is 22.5 Å². The van der Waals surface area contributed by atoms with E-state index >= 15 is 0 Å². The third-order valence-electron chi connectivity index (χ3n) is 2.04. The maximum absolute atomic E-state index is 11.1. The first kappa shape index (κ1) is 12.7. The van der Waals surface area contributed by atoms with Crippen molar-refractivity contribution in [2.45, 2.75) is 38.6 Å². The first-order valence-corrected chi connectivity index (χ1v) is 4.94. The number of nitrogens with two attached hydrogens (primary N) is 1. The summed E-state index contributed by atoms with van der Waals surface area (Å²) in [7, 11) is 0. The fourth-order valence-corrected chi connectivity index (χ4v) is 1.14. The van der Waals surface area contributed by atoms with Gasteiger partial charge in [-0.3, -0.25) is 4.79 Å². The van der Waals surface area contributed by atoms with Crippen LogP contribution in [0.15, 0.2) is 0 Å². The van der Waals surface area contributed by atoms with Crippen LogP contribution in [0.5, 0.6) is 0 Å². The fraction of sp³-hybridized carbons (Fsp3) is 0.889. The minimum atomic E-state index is 0. The number of halogens is 1. The number of carbonyl (C=O) groups is 1. The highest BCUT2D eigenvalue weighted by atomic mass is 35.5. The van der Waals surface area contributed by atoms with Crippen molar-refractivity contribution in [3.8, 4) is 0 Å². The molecule has 0 radical (unpaired) electrons. The zero-order valence-corrected chi connectivity index (χ0v) is 8.94. The van der Waals surface area contributed by atoms with E-state index in [-0.39, 0.29) is 18.3 Å². The molecule has 3 nitrogen and oxygen atoms in total. The smallest absolute Gasteiger partial charge is 0.220 e. The molecule has 0 unspecified atom stereocenters. The second-order valence-corrected chi connectivity index (χ2v) is 3.43. The molecule has 4 heteroatoms. The van der Waals surface area contributed by atoms with Crippen LogP contribution in [0, 0.1) is 0 Å². The van der Waals surface area contributed by atoms with Crippen LogP contribution in [0.2, 0.25) is 0 Å². The number of hydrogen-bond acceptors (Lipinski definition) is 1. The van der Waals surface area contributed by atoms with Crippen molar-refractivity contribution in [3.05, 3.63) is 0 Å². The Morgan fingerprint density at radius 3 is 2.77 bits per heavy atom. The summed E-state index contributed by atoms with van der Waals surface area (Å²) in [4.78, 5) is 11.1. The average molecular weight is 207 g/mol. The van der Waals surface area contributed by atoms with Crippen molar-refractivity contribution in [3.63, 3.8) is 0 Å². The lowest BCUT2D eigenvalue weighted by Crippen LogP contribution is -3.00. The van der Waals surface area contributed by atoms with Crippen molar-refractivity contribution in [2.24, 2.45) is 0 Å². The maximum atomic E-state index is 11.1. The highest BCUT2D eigenvalue weighted by Gasteiger charge is 2.22. The highest BCUT2D eigenvalue weighted by molar-refractivity contribution is 5.76. The van der Waals surface area contributed by atoms with E-state index in [4.69, 9.17) is 0 Å². The maximum Gasteiger partial charge on any atom is 0.220 e. The van der Waals surface area contributed by atoms with Crippen molar-refractivity contribution in [1.82, 2.24) is 5.32 Å². The molecule has 0 bridgehead atoms. The summed E-state index contributed by atoms with van der Waals surface area (Å²) in [5.41, 5.74) is 0. The van der Waals surface area contributed by atoms with Crippen LogP contribution in [0.25, 0.3) is 0 Å². The summed E-state index contributed by atoms with van der Waals surface area (Å²) in [5.74, 6) is 0.238. The van der Waals surface area contributed by atoms with Gasteiger partial charge in [0.15, 0.2) is 0 Å². The minimum absolute atomic E-state index is 0. The normalized spacial score (nSPS) is 14.8. The van der Waals surface area contributed by atoms with Gasteiger partial charge >= 0.3 is 0 Å². The number of quaternary nitrogens is 1. The molecule has 13 heavy (non-hydrogen) atoms. The molecule has 1 aliphatic rings. The molecule has 1 rings (SSSR count). The van der Waals surface area contributed by atoms with Crippen LogP contribution in [-0.4, -0.2) is 25.0 Å². The molecular weight excluding hydrogens is 188 g/mol. The monoisotopic (exact) mass is 206 g/mol. The van der Waals surface area contributed by atoms with Crippen molar-refractivity contribution in [1.29, 1.82) is 0 Å². The Balaban J connectivity index is 0.00000144. The van der Waals surface area contributed by atoms with Gasteiger partial charge in [-0.15, -0.1) is 0 Å². The van der Waals surface area contributed by atoms with Gasteiger partial charge in [-0.25, -0.2) is 0 Å². The van der Waals surface area contributed by atoms with Gasteiger partial charge in [-0.05, 0) is 19.8 Å². The molecule has 0 saturated heterocycles. The number of nitrogens with one attached hydrogen (secondary N) is 1. The molecule has 78 valence electrons. The highest BCUT2D eigenvalue weighted by Crippen LogP contribution is 2.18. The quantitative estimate of drug-likeness (QED) is 0.438. The van der Waals surface area contributed by atoms with Gasteiger partial charge in [0.1, 0.15) is 0 Å². The zero-order valence-electron chi connectivity index (χ0n) is 8.18. The molecule has 0 aromatic heterocycles. The number of hydrogen-bond donors (Lipinski definition) is 2. The lowest BCUT2D eigenvalue weighted by molar-refractivity contribution is -0.651. The van der Waals surface area contributed by atoms with Gasteiger partial charge in [0.25, 0.3) is 0 Å². The van der Waals surface area contributed by atoms with Crippen LogP contribution in [0.1, 0.15) is 32.6 Å². The largest absolute Gasteiger partial charge is 1.00 e. The second kappa shape index (κ2) is 7.15. The lowest BCUT2D eigenvalue weighted by atomic mass is 10.3. The standard InChI is InChI=1S/C9H18N2O.ClH/c1-2-10-7-3-4-9(12)11-8-5-6-8;/h8,10H,2-7H2,1H3,(H,11,12);1H. The Hall–Kier alpha value is -0.280. The van der Waals surface area contributed by atoms with Gasteiger partial charge in [-0.1, -0.05) is 0 Å². The van der Waals surface area contributed by atoms with E-state index < -0.39 is 0 Å². The van der Waals surface area contributed by atoms with Gasteiger partial charge in [0.2, 0.25) is 5.91 Å².